The zero-order valence-corrected chi connectivity index (χ0v) is 11.6. The minimum atomic E-state index is -3.36. The predicted octanol–water partition coefficient (Wildman–Crippen LogP) is 0.834. The summed E-state index contributed by atoms with van der Waals surface area (Å²) in [6, 6.07) is 4.55. The molecule has 1 aliphatic heterocycles. The fourth-order valence-corrected chi connectivity index (χ4v) is 3.33. The molecule has 1 atom stereocenters. The summed E-state index contributed by atoms with van der Waals surface area (Å²) in [6.45, 7) is 0.402. The highest BCUT2D eigenvalue weighted by molar-refractivity contribution is 7.88. The van der Waals surface area contributed by atoms with Crippen LogP contribution in [0.3, 0.4) is 0 Å². The van der Waals surface area contributed by atoms with Gasteiger partial charge in [0.25, 0.3) is 0 Å². The van der Waals surface area contributed by atoms with Crippen LogP contribution in [0.5, 0.6) is 0 Å². The van der Waals surface area contributed by atoms with E-state index in [1.54, 1.807) is 24.4 Å². The maximum atomic E-state index is 12.2. The molecule has 2 heterocycles. The van der Waals surface area contributed by atoms with Crippen molar-refractivity contribution < 1.29 is 13.2 Å². The maximum Gasteiger partial charge on any atom is 0.243 e. The molecule has 0 unspecified atom stereocenters. The SMILES string of the molecule is CS(=O)(=O)N1CCCC[C@@H]1C(=O)Nc1ccccn1. The Labute approximate surface area is 112 Å². The Bertz CT molecular complexity index is 545. The predicted molar refractivity (Wildman–Crippen MR) is 72.1 cm³/mol. The average molecular weight is 283 g/mol. The van der Waals surface area contributed by atoms with Crippen LogP contribution in [0.25, 0.3) is 0 Å². The summed E-state index contributed by atoms with van der Waals surface area (Å²) in [5, 5.41) is 2.66. The lowest BCUT2D eigenvalue weighted by molar-refractivity contribution is -0.120. The van der Waals surface area contributed by atoms with Crippen molar-refractivity contribution in [3.8, 4) is 0 Å². The number of piperidine rings is 1. The van der Waals surface area contributed by atoms with Gasteiger partial charge in [0.1, 0.15) is 11.9 Å². The number of carbonyl (C=O) groups excluding carboxylic acids is 1. The lowest BCUT2D eigenvalue weighted by Crippen LogP contribution is -2.49. The van der Waals surface area contributed by atoms with Crippen LogP contribution in [0.15, 0.2) is 24.4 Å². The van der Waals surface area contributed by atoms with Gasteiger partial charge in [0, 0.05) is 12.7 Å². The summed E-state index contributed by atoms with van der Waals surface area (Å²) in [5.74, 6) is 0.121. The lowest BCUT2D eigenvalue weighted by Gasteiger charge is -2.32. The molecule has 6 nitrogen and oxygen atoms in total. The second kappa shape index (κ2) is 5.66. The minimum absolute atomic E-state index is 0.316. The summed E-state index contributed by atoms with van der Waals surface area (Å²) in [4.78, 5) is 16.2. The first-order valence-electron chi connectivity index (χ1n) is 6.17. The van der Waals surface area contributed by atoms with Gasteiger partial charge >= 0.3 is 0 Å². The van der Waals surface area contributed by atoms with Crippen LogP contribution in [0, 0.1) is 0 Å². The molecule has 19 heavy (non-hydrogen) atoms. The highest BCUT2D eigenvalue weighted by atomic mass is 32.2. The van der Waals surface area contributed by atoms with E-state index < -0.39 is 16.1 Å². The van der Waals surface area contributed by atoms with Crippen LogP contribution in [0.1, 0.15) is 19.3 Å². The highest BCUT2D eigenvalue weighted by Crippen LogP contribution is 2.21. The van der Waals surface area contributed by atoms with Gasteiger partial charge in [-0.05, 0) is 25.0 Å². The summed E-state index contributed by atoms with van der Waals surface area (Å²) >= 11 is 0. The first-order chi connectivity index (χ1) is 8.98. The molecular formula is C12H17N3O3S. The van der Waals surface area contributed by atoms with E-state index >= 15 is 0 Å². The quantitative estimate of drug-likeness (QED) is 0.891. The van der Waals surface area contributed by atoms with Crippen molar-refractivity contribution in [3.05, 3.63) is 24.4 Å². The average Bonchev–Trinajstić information content (AvgIpc) is 2.39. The van der Waals surface area contributed by atoms with E-state index in [-0.39, 0.29) is 5.91 Å². The largest absolute Gasteiger partial charge is 0.309 e. The van der Waals surface area contributed by atoms with Crippen LogP contribution in [-0.4, -0.2) is 42.5 Å². The molecular weight excluding hydrogens is 266 g/mol. The minimum Gasteiger partial charge on any atom is -0.309 e. The Morgan fingerprint density at radius 3 is 2.84 bits per heavy atom. The molecule has 0 aromatic carbocycles. The lowest BCUT2D eigenvalue weighted by atomic mass is 10.0. The summed E-state index contributed by atoms with van der Waals surface area (Å²) < 4.78 is 24.6. The van der Waals surface area contributed by atoms with Crippen molar-refractivity contribution in [1.82, 2.24) is 9.29 Å². The van der Waals surface area contributed by atoms with Crippen molar-refractivity contribution in [3.63, 3.8) is 0 Å². The van der Waals surface area contributed by atoms with Crippen LogP contribution in [0.2, 0.25) is 0 Å². The number of pyridine rings is 1. The molecule has 0 bridgehead atoms. The van der Waals surface area contributed by atoms with E-state index in [1.807, 2.05) is 0 Å². The van der Waals surface area contributed by atoms with Crippen LogP contribution in [-0.2, 0) is 14.8 Å². The summed E-state index contributed by atoms with van der Waals surface area (Å²) in [6.07, 6.45) is 4.91. The molecule has 1 fully saturated rings. The van der Waals surface area contributed by atoms with Gasteiger partial charge in [-0.25, -0.2) is 13.4 Å². The molecule has 0 saturated carbocycles. The van der Waals surface area contributed by atoms with Gasteiger partial charge in [0.15, 0.2) is 0 Å². The maximum absolute atomic E-state index is 12.2. The van der Waals surface area contributed by atoms with E-state index in [2.05, 4.69) is 10.3 Å². The zero-order chi connectivity index (χ0) is 13.9. The number of hydrogen-bond acceptors (Lipinski definition) is 4. The topological polar surface area (TPSA) is 79.4 Å². The van der Waals surface area contributed by atoms with Gasteiger partial charge in [-0.15, -0.1) is 0 Å². The van der Waals surface area contributed by atoms with E-state index in [0.717, 1.165) is 19.1 Å². The number of hydrogen-bond donors (Lipinski definition) is 1. The summed E-state index contributed by atoms with van der Waals surface area (Å²) in [5.41, 5.74) is 0. The van der Waals surface area contributed by atoms with Gasteiger partial charge in [-0.2, -0.15) is 4.31 Å². The number of nitrogens with zero attached hydrogens (tertiary/aromatic N) is 2. The standard InChI is InChI=1S/C12H17N3O3S/c1-19(17,18)15-9-5-3-6-10(15)12(16)14-11-7-2-4-8-13-11/h2,4,7-8,10H,3,5-6,9H2,1H3,(H,13,14,16)/t10-/m1/s1. The van der Waals surface area contributed by atoms with Crippen molar-refractivity contribution in [1.29, 1.82) is 0 Å². The molecule has 1 aliphatic rings. The number of rotatable bonds is 3. The third-order valence-electron chi connectivity index (χ3n) is 3.10. The van der Waals surface area contributed by atoms with E-state index in [9.17, 15) is 13.2 Å². The third-order valence-corrected chi connectivity index (χ3v) is 4.39. The van der Waals surface area contributed by atoms with Crippen molar-refractivity contribution >= 4 is 21.7 Å². The Morgan fingerprint density at radius 1 is 1.42 bits per heavy atom. The van der Waals surface area contributed by atoms with Gasteiger partial charge in [-0.1, -0.05) is 12.5 Å². The molecule has 1 N–H and O–H groups in total. The fraction of sp³-hybridized carbons (Fsp3) is 0.500. The van der Waals surface area contributed by atoms with Gasteiger partial charge in [0.2, 0.25) is 15.9 Å². The molecule has 1 aromatic rings. The van der Waals surface area contributed by atoms with Crippen molar-refractivity contribution in [2.75, 3.05) is 18.1 Å². The molecule has 7 heteroatoms. The Morgan fingerprint density at radius 2 is 2.21 bits per heavy atom. The number of carbonyl (C=O) groups is 1. The first kappa shape index (κ1) is 14.0. The number of sulfonamides is 1. The third kappa shape index (κ3) is 3.51. The number of amides is 1. The van der Waals surface area contributed by atoms with Crippen LogP contribution < -0.4 is 5.32 Å². The number of aromatic nitrogens is 1. The van der Waals surface area contributed by atoms with Gasteiger partial charge in [0.05, 0.1) is 6.26 Å². The zero-order valence-electron chi connectivity index (χ0n) is 10.7. The van der Waals surface area contributed by atoms with E-state index in [0.29, 0.717) is 18.8 Å². The molecule has 1 amide bonds. The monoisotopic (exact) mass is 283 g/mol. The number of anilines is 1. The van der Waals surface area contributed by atoms with Crippen molar-refractivity contribution in [2.45, 2.75) is 25.3 Å². The van der Waals surface area contributed by atoms with E-state index in [1.165, 1.54) is 4.31 Å². The first-order valence-corrected chi connectivity index (χ1v) is 8.02. The highest BCUT2D eigenvalue weighted by Gasteiger charge is 2.34. The molecule has 2 rings (SSSR count). The Balaban J connectivity index is 2.12. The smallest absolute Gasteiger partial charge is 0.243 e. The van der Waals surface area contributed by atoms with Crippen molar-refractivity contribution in [2.24, 2.45) is 0 Å². The second-order valence-corrected chi connectivity index (χ2v) is 6.52. The Kier molecular flexibility index (Phi) is 4.16. The van der Waals surface area contributed by atoms with Gasteiger partial charge < -0.3 is 5.32 Å². The molecule has 0 aliphatic carbocycles. The van der Waals surface area contributed by atoms with Crippen LogP contribution >= 0.6 is 0 Å². The Hall–Kier alpha value is -1.47. The van der Waals surface area contributed by atoms with Crippen LogP contribution in [0.4, 0.5) is 5.82 Å². The van der Waals surface area contributed by atoms with Gasteiger partial charge in [-0.3, -0.25) is 4.79 Å². The summed E-state index contributed by atoms with van der Waals surface area (Å²) in [7, 11) is -3.36. The molecule has 0 spiro atoms. The normalized spacial score (nSPS) is 21.0. The molecule has 0 radical (unpaired) electrons. The fourth-order valence-electron chi connectivity index (χ4n) is 2.21. The second-order valence-electron chi connectivity index (χ2n) is 4.59. The molecule has 1 saturated heterocycles. The molecule has 1 aromatic heterocycles. The molecule has 104 valence electrons. The van der Waals surface area contributed by atoms with E-state index in [4.69, 9.17) is 0 Å². The number of nitrogens with one attached hydrogen (secondary N) is 1.